The number of piperidine rings is 1. The van der Waals surface area contributed by atoms with Crippen molar-refractivity contribution in [1.82, 2.24) is 14.9 Å². The van der Waals surface area contributed by atoms with Gasteiger partial charge >= 0.3 is 0 Å². The molecule has 0 bridgehead atoms. The van der Waals surface area contributed by atoms with Crippen molar-refractivity contribution in [2.24, 2.45) is 0 Å². The first kappa shape index (κ1) is 14.6. The van der Waals surface area contributed by atoms with Crippen LogP contribution >= 0.6 is 0 Å². The molecule has 21 heavy (non-hydrogen) atoms. The van der Waals surface area contributed by atoms with E-state index >= 15 is 0 Å². The monoisotopic (exact) mass is 285 g/mol. The molecule has 3 nitrogen and oxygen atoms in total. The van der Waals surface area contributed by atoms with Gasteiger partial charge in [-0.15, -0.1) is 0 Å². The van der Waals surface area contributed by atoms with E-state index < -0.39 is 0 Å². The van der Waals surface area contributed by atoms with Gasteiger partial charge in [0.25, 0.3) is 0 Å². The van der Waals surface area contributed by atoms with Crippen molar-refractivity contribution in [3.63, 3.8) is 0 Å². The lowest BCUT2D eigenvalue weighted by Gasteiger charge is -2.30. The van der Waals surface area contributed by atoms with E-state index in [0.717, 1.165) is 6.42 Å². The van der Waals surface area contributed by atoms with E-state index in [1.807, 2.05) is 0 Å². The van der Waals surface area contributed by atoms with Crippen molar-refractivity contribution in [1.29, 1.82) is 0 Å². The van der Waals surface area contributed by atoms with Gasteiger partial charge in [0.15, 0.2) is 0 Å². The van der Waals surface area contributed by atoms with Crippen LogP contribution < -0.4 is 0 Å². The Morgan fingerprint density at radius 2 is 2.00 bits per heavy atom. The lowest BCUT2D eigenvalue weighted by atomic mass is 9.96. The fraction of sp³-hybridized carbons (Fsp3) is 0.611. The van der Waals surface area contributed by atoms with Crippen molar-refractivity contribution in [2.75, 3.05) is 19.6 Å². The van der Waals surface area contributed by atoms with Gasteiger partial charge in [0, 0.05) is 5.92 Å². The SMILES string of the molecule is CCCN1CCC(c2nc3c(C)c(CC)ccc3[nH]2)CC1. The smallest absolute Gasteiger partial charge is 0.110 e. The van der Waals surface area contributed by atoms with Crippen LogP contribution in [0.15, 0.2) is 12.1 Å². The molecule has 1 aliphatic rings. The third-order valence-electron chi connectivity index (χ3n) is 4.93. The lowest BCUT2D eigenvalue weighted by Crippen LogP contribution is -2.33. The van der Waals surface area contributed by atoms with E-state index in [4.69, 9.17) is 4.98 Å². The molecule has 2 aromatic rings. The summed E-state index contributed by atoms with van der Waals surface area (Å²) in [7, 11) is 0. The summed E-state index contributed by atoms with van der Waals surface area (Å²) in [6, 6.07) is 4.44. The van der Waals surface area contributed by atoms with Crippen molar-refractivity contribution in [3.05, 3.63) is 29.1 Å². The zero-order valence-corrected chi connectivity index (χ0v) is 13.6. The number of rotatable bonds is 4. The maximum Gasteiger partial charge on any atom is 0.110 e. The predicted octanol–water partition coefficient (Wildman–Crippen LogP) is 4.02. The highest BCUT2D eigenvalue weighted by atomic mass is 15.1. The minimum atomic E-state index is 0.606. The Kier molecular flexibility index (Phi) is 4.29. The van der Waals surface area contributed by atoms with Gasteiger partial charge in [-0.25, -0.2) is 4.98 Å². The topological polar surface area (TPSA) is 31.9 Å². The highest BCUT2D eigenvalue weighted by molar-refractivity contribution is 5.80. The molecule has 0 atom stereocenters. The van der Waals surface area contributed by atoms with Crippen molar-refractivity contribution >= 4 is 11.0 Å². The van der Waals surface area contributed by atoms with Gasteiger partial charge in [-0.1, -0.05) is 19.9 Å². The second kappa shape index (κ2) is 6.18. The van der Waals surface area contributed by atoms with E-state index in [1.54, 1.807) is 0 Å². The molecule has 0 unspecified atom stereocenters. The van der Waals surface area contributed by atoms with E-state index in [9.17, 15) is 0 Å². The summed E-state index contributed by atoms with van der Waals surface area (Å²) in [5.41, 5.74) is 5.15. The Labute approximate surface area is 127 Å². The normalized spacial score (nSPS) is 17.7. The molecule has 3 heteroatoms. The third-order valence-corrected chi connectivity index (χ3v) is 4.93. The standard InChI is InChI=1S/C18H27N3/c1-4-10-21-11-8-15(9-12-21)18-19-16-7-6-14(5-2)13(3)17(16)20-18/h6-7,15H,4-5,8-12H2,1-3H3,(H,19,20). The van der Waals surface area contributed by atoms with Crippen LogP contribution in [-0.4, -0.2) is 34.5 Å². The zero-order valence-electron chi connectivity index (χ0n) is 13.6. The zero-order chi connectivity index (χ0) is 14.8. The Morgan fingerprint density at radius 1 is 1.24 bits per heavy atom. The van der Waals surface area contributed by atoms with Gasteiger partial charge in [-0.05, 0) is 69.4 Å². The molecule has 0 aliphatic carbocycles. The Morgan fingerprint density at radius 3 is 2.67 bits per heavy atom. The summed E-state index contributed by atoms with van der Waals surface area (Å²) in [5, 5.41) is 0. The van der Waals surface area contributed by atoms with Gasteiger partial charge in [0.1, 0.15) is 5.82 Å². The first-order chi connectivity index (χ1) is 10.2. The van der Waals surface area contributed by atoms with Crippen molar-refractivity contribution in [3.8, 4) is 0 Å². The summed E-state index contributed by atoms with van der Waals surface area (Å²) in [5.74, 6) is 1.81. The number of hydrogen-bond acceptors (Lipinski definition) is 2. The number of nitrogens with one attached hydrogen (secondary N) is 1. The molecule has 1 aliphatic heterocycles. The van der Waals surface area contributed by atoms with E-state index in [0.29, 0.717) is 5.92 Å². The second-order valence-corrected chi connectivity index (χ2v) is 6.34. The van der Waals surface area contributed by atoms with Crippen LogP contribution in [0, 0.1) is 6.92 Å². The summed E-state index contributed by atoms with van der Waals surface area (Å²) in [4.78, 5) is 11.1. The number of H-pyrrole nitrogens is 1. The van der Waals surface area contributed by atoms with E-state index in [-0.39, 0.29) is 0 Å². The quantitative estimate of drug-likeness (QED) is 0.920. The second-order valence-electron chi connectivity index (χ2n) is 6.34. The van der Waals surface area contributed by atoms with Crippen LogP contribution in [0.5, 0.6) is 0 Å². The molecule has 114 valence electrons. The number of hydrogen-bond donors (Lipinski definition) is 1. The molecule has 2 heterocycles. The van der Waals surface area contributed by atoms with Gasteiger partial charge < -0.3 is 9.88 Å². The van der Waals surface area contributed by atoms with Gasteiger partial charge in [0.05, 0.1) is 11.0 Å². The van der Waals surface area contributed by atoms with Gasteiger partial charge in [-0.2, -0.15) is 0 Å². The Balaban J connectivity index is 1.81. The molecule has 1 fully saturated rings. The summed E-state index contributed by atoms with van der Waals surface area (Å²) in [6.07, 6.45) is 4.81. The molecule has 1 N–H and O–H groups in total. The van der Waals surface area contributed by atoms with Crippen molar-refractivity contribution < 1.29 is 0 Å². The van der Waals surface area contributed by atoms with Crippen LogP contribution in [0.2, 0.25) is 0 Å². The molecule has 0 saturated carbocycles. The van der Waals surface area contributed by atoms with Crippen LogP contribution in [-0.2, 0) is 6.42 Å². The highest BCUT2D eigenvalue weighted by Crippen LogP contribution is 2.29. The van der Waals surface area contributed by atoms with Crippen LogP contribution in [0.1, 0.15) is 56.0 Å². The number of aryl methyl sites for hydroxylation is 2. The fourth-order valence-electron chi connectivity index (χ4n) is 3.60. The third kappa shape index (κ3) is 2.84. The molecule has 0 spiro atoms. The number of imidazole rings is 1. The molecule has 3 rings (SSSR count). The summed E-state index contributed by atoms with van der Waals surface area (Å²) in [6.45, 7) is 10.4. The first-order valence-corrected chi connectivity index (χ1v) is 8.43. The van der Waals surface area contributed by atoms with Crippen LogP contribution in [0.3, 0.4) is 0 Å². The number of benzene rings is 1. The fourth-order valence-corrected chi connectivity index (χ4v) is 3.60. The van der Waals surface area contributed by atoms with Crippen molar-refractivity contribution in [2.45, 2.75) is 52.4 Å². The number of aromatic nitrogens is 2. The maximum absolute atomic E-state index is 4.94. The number of nitrogens with zero attached hydrogens (tertiary/aromatic N) is 2. The van der Waals surface area contributed by atoms with Crippen LogP contribution in [0.25, 0.3) is 11.0 Å². The minimum absolute atomic E-state index is 0.606. The van der Waals surface area contributed by atoms with E-state index in [2.05, 4.69) is 42.8 Å². The Bertz CT molecular complexity index is 606. The molecular weight excluding hydrogens is 258 g/mol. The van der Waals surface area contributed by atoms with Gasteiger partial charge in [-0.3, -0.25) is 0 Å². The first-order valence-electron chi connectivity index (χ1n) is 8.43. The summed E-state index contributed by atoms with van der Waals surface area (Å²) >= 11 is 0. The average molecular weight is 285 g/mol. The predicted molar refractivity (Wildman–Crippen MR) is 88.9 cm³/mol. The molecule has 0 amide bonds. The highest BCUT2D eigenvalue weighted by Gasteiger charge is 2.23. The lowest BCUT2D eigenvalue weighted by molar-refractivity contribution is 0.210. The molecule has 0 radical (unpaired) electrons. The largest absolute Gasteiger partial charge is 0.342 e. The number of aromatic amines is 1. The molecular formula is C18H27N3. The van der Waals surface area contributed by atoms with E-state index in [1.165, 1.54) is 66.9 Å². The molecule has 1 aromatic heterocycles. The van der Waals surface area contributed by atoms with Crippen LogP contribution in [0.4, 0.5) is 0 Å². The Hall–Kier alpha value is -1.35. The van der Waals surface area contributed by atoms with Gasteiger partial charge in [0.2, 0.25) is 0 Å². The number of likely N-dealkylation sites (tertiary alicyclic amines) is 1. The summed E-state index contributed by atoms with van der Waals surface area (Å²) < 4.78 is 0. The number of fused-ring (bicyclic) bond motifs is 1. The average Bonchev–Trinajstić information content (AvgIpc) is 2.94. The maximum atomic E-state index is 4.94. The molecule has 1 aromatic carbocycles. The minimum Gasteiger partial charge on any atom is -0.342 e. The molecule has 1 saturated heterocycles.